The first-order valence-electron chi connectivity index (χ1n) is 14.4. The number of carbonyl (C=O) groups excluding carboxylic acids is 2. The van der Waals surface area contributed by atoms with Gasteiger partial charge in [-0.05, 0) is 68.1 Å². The maximum atomic E-state index is 13.5. The minimum Gasteiger partial charge on any atom is -0.507 e. The summed E-state index contributed by atoms with van der Waals surface area (Å²) in [5.74, 6) is 0.654. The van der Waals surface area contributed by atoms with Crippen molar-refractivity contribution in [2.75, 3.05) is 53.1 Å². The summed E-state index contributed by atoms with van der Waals surface area (Å²) in [5.41, 5.74) is 1.13. The summed E-state index contributed by atoms with van der Waals surface area (Å²) < 4.78 is 22.8. The smallest absolute Gasteiger partial charge is 0.295 e. The number of ketones is 1. The monoisotopic (exact) mass is 566 g/mol. The van der Waals surface area contributed by atoms with Crippen molar-refractivity contribution < 1.29 is 33.6 Å². The molecule has 4 rings (SSSR count). The van der Waals surface area contributed by atoms with E-state index in [9.17, 15) is 14.7 Å². The molecule has 0 aliphatic carbocycles. The Labute approximate surface area is 242 Å². The van der Waals surface area contributed by atoms with Crippen LogP contribution in [0.1, 0.15) is 51.3 Å². The Morgan fingerprint density at radius 1 is 1.00 bits per heavy atom. The van der Waals surface area contributed by atoms with Crippen LogP contribution in [0.5, 0.6) is 17.2 Å². The van der Waals surface area contributed by atoms with Gasteiger partial charge in [-0.3, -0.25) is 14.5 Å². The van der Waals surface area contributed by atoms with Crippen LogP contribution >= 0.6 is 0 Å². The number of Topliss-reactive ketones (excluding diaryl/α,β-unsaturated/α-hetero) is 1. The van der Waals surface area contributed by atoms with E-state index in [4.69, 9.17) is 18.9 Å². The number of benzene rings is 2. The quantitative estimate of drug-likeness (QED) is 0.225. The van der Waals surface area contributed by atoms with Crippen LogP contribution in [0.4, 0.5) is 0 Å². The molecule has 0 saturated carbocycles. The summed E-state index contributed by atoms with van der Waals surface area (Å²) in [6, 6.07) is 11.5. The number of hydrogen-bond donors (Lipinski definition) is 1. The van der Waals surface area contributed by atoms with E-state index in [1.165, 1.54) is 0 Å². The van der Waals surface area contributed by atoms with Gasteiger partial charge in [0, 0.05) is 31.7 Å². The zero-order valence-electron chi connectivity index (χ0n) is 24.7. The number of carbonyl (C=O) groups is 2. The number of nitrogens with zero attached hydrogens (tertiary/aromatic N) is 2. The summed E-state index contributed by atoms with van der Waals surface area (Å²) in [7, 11) is 1.56. The lowest BCUT2D eigenvalue weighted by molar-refractivity contribution is -0.140. The van der Waals surface area contributed by atoms with Crippen LogP contribution in [0.25, 0.3) is 5.76 Å². The first-order chi connectivity index (χ1) is 19.7. The largest absolute Gasteiger partial charge is 0.507 e. The normalized spacial score (nSPS) is 19.3. The van der Waals surface area contributed by atoms with E-state index >= 15 is 0 Å². The van der Waals surface area contributed by atoms with Gasteiger partial charge < -0.3 is 29.0 Å². The maximum absolute atomic E-state index is 13.5. The van der Waals surface area contributed by atoms with Gasteiger partial charge in [-0.2, -0.15) is 0 Å². The van der Waals surface area contributed by atoms with E-state index in [1.807, 2.05) is 19.9 Å². The van der Waals surface area contributed by atoms with Gasteiger partial charge in [0.05, 0.1) is 44.6 Å². The molecule has 1 unspecified atom stereocenters. The van der Waals surface area contributed by atoms with Crippen LogP contribution in [0, 0.1) is 5.92 Å². The van der Waals surface area contributed by atoms with Crippen LogP contribution in [-0.4, -0.2) is 85.8 Å². The van der Waals surface area contributed by atoms with Crippen molar-refractivity contribution in [2.45, 2.75) is 46.3 Å². The number of hydrogen-bond acceptors (Lipinski definition) is 8. The van der Waals surface area contributed by atoms with Crippen molar-refractivity contribution in [3.05, 3.63) is 59.2 Å². The fourth-order valence-corrected chi connectivity index (χ4v) is 5.03. The minimum absolute atomic E-state index is 0.00135. The molecule has 222 valence electrons. The van der Waals surface area contributed by atoms with Crippen molar-refractivity contribution in [3.63, 3.8) is 0 Å². The fraction of sp³-hybridized carbons (Fsp3) is 0.500. The number of likely N-dealkylation sites (tertiary alicyclic amines) is 1. The lowest BCUT2D eigenvalue weighted by Gasteiger charge is -2.31. The number of amides is 1. The van der Waals surface area contributed by atoms with Gasteiger partial charge in [0.25, 0.3) is 11.7 Å². The molecule has 1 N–H and O–H groups in total. The van der Waals surface area contributed by atoms with Gasteiger partial charge in [-0.25, -0.2) is 0 Å². The first-order valence-corrected chi connectivity index (χ1v) is 14.4. The van der Waals surface area contributed by atoms with Crippen molar-refractivity contribution in [1.29, 1.82) is 0 Å². The third kappa shape index (κ3) is 7.40. The molecule has 0 aromatic heterocycles. The molecule has 1 atom stereocenters. The molecule has 0 bridgehead atoms. The summed E-state index contributed by atoms with van der Waals surface area (Å²) >= 11 is 0. The zero-order chi connectivity index (χ0) is 29.5. The van der Waals surface area contributed by atoms with Gasteiger partial charge in [-0.15, -0.1) is 0 Å². The Kier molecular flexibility index (Phi) is 10.3. The molecule has 0 spiro atoms. The number of methoxy groups -OCH3 is 1. The fourth-order valence-electron chi connectivity index (χ4n) is 5.03. The Morgan fingerprint density at radius 2 is 1.71 bits per heavy atom. The second-order valence-corrected chi connectivity index (χ2v) is 11.1. The van der Waals surface area contributed by atoms with Crippen LogP contribution in [0.15, 0.2) is 48.0 Å². The Balaban J connectivity index is 1.71. The second kappa shape index (κ2) is 13.9. The highest BCUT2D eigenvalue weighted by Gasteiger charge is 2.46. The molecule has 9 nitrogen and oxygen atoms in total. The first kappa shape index (κ1) is 30.4. The van der Waals surface area contributed by atoms with Crippen molar-refractivity contribution in [1.82, 2.24) is 9.80 Å². The third-order valence-electron chi connectivity index (χ3n) is 7.26. The van der Waals surface area contributed by atoms with Gasteiger partial charge in [0.2, 0.25) is 0 Å². The van der Waals surface area contributed by atoms with Crippen molar-refractivity contribution in [3.8, 4) is 17.2 Å². The molecular weight excluding hydrogens is 524 g/mol. The average Bonchev–Trinajstić information content (AvgIpc) is 3.21. The minimum atomic E-state index is -0.791. The van der Waals surface area contributed by atoms with Crippen LogP contribution in [-0.2, 0) is 14.3 Å². The lowest BCUT2D eigenvalue weighted by atomic mass is 9.95. The summed E-state index contributed by atoms with van der Waals surface area (Å²) in [6.07, 6.45) is 0.895. The molecule has 2 aromatic carbocycles. The molecule has 2 heterocycles. The number of aliphatic hydroxyl groups is 1. The third-order valence-corrected chi connectivity index (χ3v) is 7.26. The molecule has 1 amide bonds. The zero-order valence-corrected chi connectivity index (χ0v) is 24.7. The van der Waals surface area contributed by atoms with Crippen molar-refractivity contribution in [2.24, 2.45) is 5.92 Å². The van der Waals surface area contributed by atoms with E-state index < -0.39 is 17.7 Å². The number of ether oxygens (including phenoxy) is 4. The highest BCUT2D eigenvalue weighted by Crippen LogP contribution is 2.42. The molecule has 2 saturated heterocycles. The molecule has 2 aliphatic rings. The van der Waals surface area contributed by atoms with E-state index in [1.54, 1.807) is 48.4 Å². The van der Waals surface area contributed by atoms with Crippen LogP contribution in [0.3, 0.4) is 0 Å². The van der Waals surface area contributed by atoms with Crippen LogP contribution in [0.2, 0.25) is 0 Å². The van der Waals surface area contributed by atoms with Crippen LogP contribution < -0.4 is 14.2 Å². The SMILES string of the molecule is COc1cc(C2/C(=C(\O)c3ccc(OC(C)C)cc3)C(=O)C(=O)N2CCN2CCOCC2)ccc1OCCC(C)C. The van der Waals surface area contributed by atoms with Crippen molar-refractivity contribution >= 4 is 17.4 Å². The highest BCUT2D eigenvalue weighted by molar-refractivity contribution is 6.46. The topological polar surface area (TPSA) is 97.8 Å². The Hall–Kier alpha value is -3.56. The second-order valence-electron chi connectivity index (χ2n) is 11.1. The van der Waals surface area contributed by atoms with E-state index in [2.05, 4.69) is 18.7 Å². The summed E-state index contributed by atoms with van der Waals surface area (Å²) in [5, 5.41) is 11.5. The van der Waals surface area contributed by atoms with Gasteiger partial charge in [-0.1, -0.05) is 19.9 Å². The lowest BCUT2D eigenvalue weighted by Crippen LogP contribution is -2.42. The summed E-state index contributed by atoms with van der Waals surface area (Å²) in [6.45, 7) is 12.4. The number of rotatable bonds is 12. The Bertz CT molecular complexity index is 1230. The summed E-state index contributed by atoms with van der Waals surface area (Å²) in [4.78, 5) is 30.7. The standard InChI is InChI=1S/C32H42N2O7/c1-21(2)12-17-40-26-11-8-24(20-27(26)38-5)29-28(30(35)23-6-9-25(10-7-23)41-22(3)4)31(36)32(37)34(29)14-13-33-15-18-39-19-16-33/h6-11,20-22,29,35H,12-19H2,1-5H3/b30-28+. The van der Waals surface area contributed by atoms with Gasteiger partial charge in [0.15, 0.2) is 11.5 Å². The number of morpholine rings is 1. The Morgan fingerprint density at radius 3 is 2.34 bits per heavy atom. The van der Waals surface area contributed by atoms with Gasteiger partial charge in [0.1, 0.15) is 11.5 Å². The van der Waals surface area contributed by atoms with Gasteiger partial charge >= 0.3 is 0 Å². The average molecular weight is 567 g/mol. The molecule has 0 radical (unpaired) electrons. The highest BCUT2D eigenvalue weighted by atomic mass is 16.5. The van der Waals surface area contributed by atoms with E-state index in [0.717, 1.165) is 19.5 Å². The molecule has 2 aliphatic heterocycles. The predicted octanol–water partition coefficient (Wildman–Crippen LogP) is 4.66. The van der Waals surface area contributed by atoms with E-state index in [-0.39, 0.29) is 17.4 Å². The number of aliphatic hydroxyl groups excluding tert-OH is 1. The maximum Gasteiger partial charge on any atom is 0.295 e. The van der Waals surface area contributed by atoms with E-state index in [0.29, 0.717) is 67.2 Å². The molecular formula is C32H42N2O7. The predicted molar refractivity (Wildman–Crippen MR) is 156 cm³/mol. The molecule has 41 heavy (non-hydrogen) atoms. The molecule has 9 heteroatoms. The molecule has 2 fully saturated rings. The molecule has 2 aromatic rings.